The summed E-state index contributed by atoms with van der Waals surface area (Å²) in [5, 5.41) is 6.62. The largest absolute Gasteiger partial charge is 0.356 e. The van der Waals surface area contributed by atoms with Crippen LogP contribution in [0.3, 0.4) is 0 Å². The Morgan fingerprint density at radius 1 is 1.13 bits per heavy atom. The van der Waals surface area contributed by atoms with Crippen LogP contribution in [0.4, 0.5) is 5.82 Å². The van der Waals surface area contributed by atoms with Crippen molar-refractivity contribution in [3.8, 4) is 0 Å². The number of hydrogen-bond donors (Lipinski definition) is 2. The maximum Gasteiger partial charge on any atom is 0.230 e. The molecule has 8 heteroatoms. The molecule has 1 aliphatic heterocycles. The van der Waals surface area contributed by atoms with Crippen LogP contribution in [0.25, 0.3) is 0 Å². The number of aromatic nitrogens is 2. The Labute approximate surface area is 182 Å². The zero-order chi connectivity index (χ0) is 21.3. The molecule has 1 aromatic heterocycles. The molecule has 1 saturated heterocycles. The second-order valence-electron chi connectivity index (χ2n) is 7.42. The SMILES string of the molecule is CCNC(=O)C1CCN(c2cc(SCC(=O)NCc3ccc(C)cc3)ncn2)CC1. The van der Waals surface area contributed by atoms with E-state index in [1.165, 1.54) is 23.7 Å². The minimum atomic E-state index is -0.0245. The zero-order valence-electron chi connectivity index (χ0n) is 17.6. The Bertz CT molecular complexity index is 851. The minimum absolute atomic E-state index is 0.0245. The molecular formula is C22H29N5O2S. The van der Waals surface area contributed by atoms with Crippen molar-refractivity contribution in [1.82, 2.24) is 20.6 Å². The monoisotopic (exact) mass is 427 g/mol. The molecule has 0 unspecified atom stereocenters. The van der Waals surface area contributed by atoms with Crippen molar-refractivity contribution in [3.05, 3.63) is 47.8 Å². The number of aryl methyl sites for hydroxylation is 1. The van der Waals surface area contributed by atoms with Crippen LogP contribution >= 0.6 is 11.8 Å². The van der Waals surface area contributed by atoms with Crippen molar-refractivity contribution in [2.75, 3.05) is 30.3 Å². The van der Waals surface area contributed by atoms with Crippen molar-refractivity contribution >= 4 is 29.4 Å². The van der Waals surface area contributed by atoms with E-state index >= 15 is 0 Å². The highest BCUT2D eigenvalue weighted by Gasteiger charge is 2.25. The van der Waals surface area contributed by atoms with Gasteiger partial charge in [0.2, 0.25) is 11.8 Å². The van der Waals surface area contributed by atoms with Gasteiger partial charge in [0.15, 0.2) is 0 Å². The first-order valence-corrected chi connectivity index (χ1v) is 11.3. The Hall–Kier alpha value is -2.61. The Morgan fingerprint density at radius 3 is 2.57 bits per heavy atom. The number of anilines is 1. The van der Waals surface area contributed by atoms with Crippen LogP contribution < -0.4 is 15.5 Å². The maximum atomic E-state index is 12.2. The van der Waals surface area contributed by atoms with Crippen molar-refractivity contribution < 1.29 is 9.59 Å². The Morgan fingerprint density at radius 2 is 1.87 bits per heavy atom. The molecule has 0 aliphatic carbocycles. The molecule has 1 aromatic carbocycles. The number of piperidine rings is 1. The van der Waals surface area contributed by atoms with Gasteiger partial charge in [-0.15, -0.1) is 0 Å². The third-order valence-corrected chi connectivity index (χ3v) is 6.06. The molecular weight excluding hydrogens is 398 g/mol. The lowest BCUT2D eigenvalue weighted by Gasteiger charge is -2.32. The highest BCUT2D eigenvalue weighted by Crippen LogP contribution is 2.24. The first kappa shape index (κ1) is 22.1. The molecule has 0 bridgehead atoms. The van der Waals surface area contributed by atoms with Crippen LogP contribution in [0.5, 0.6) is 0 Å². The first-order valence-electron chi connectivity index (χ1n) is 10.3. The number of hydrogen-bond acceptors (Lipinski definition) is 6. The van der Waals surface area contributed by atoms with Crippen molar-refractivity contribution in [2.24, 2.45) is 5.92 Å². The number of rotatable bonds is 8. The second-order valence-corrected chi connectivity index (χ2v) is 8.42. The number of nitrogens with zero attached hydrogens (tertiary/aromatic N) is 3. The molecule has 7 nitrogen and oxygen atoms in total. The second kappa shape index (κ2) is 11.0. The molecule has 0 saturated carbocycles. The molecule has 2 heterocycles. The number of amides is 2. The molecule has 0 atom stereocenters. The van der Waals surface area contributed by atoms with Crippen LogP contribution in [0.2, 0.25) is 0 Å². The summed E-state index contributed by atoms with van der Waals surface area (Å²) in [6, 6.07) is 10.0. The number of carbonyl (C=O) groups is 2. The lowest BCUT2D eigenvalue weighted by atomic mass is 9.96. The summed E-state index contributed by atoms with van der Waals surface area (Å²) in [6.07, 6.45) is 3.18. The van der Waals surface area contributed by atoms with E-state index in [1.807, 2.05) is 44.2 Å². The summed E-state index contributed by atoms with van der Waals surface area (Å²) in [7, 11) is 0. The van der Waals surface area contributed by atoms with Crippen molar-refractivity contribution in [2.45, 2.75) is 38.3 Å². The van der Waals surface area contributed by atoms with E-state index in [0.717, 1.165) is 42.3 Å². The summed E-state index contributed by atoms with van der Waals surface area (Å²) < 4.78 is 0. The summed E-state index contributed by atoms with van der Waals surface area (Å²) in [6.45, 7) is 6.76. The van der Waals surface area contributed by atoms with E-state index in [-0.39, 0.29) is 17.7 Å². The van der Waals surface area contributed by atoms with Gasteiger partial charge in [-0.3, -0.25) is 9.59 Å². The van der Waals surface area contributed by atoms with E-state index in [0.29, 0.717) is 18.8 Å². The fraction of sp³-hybridized carbons (Fsp3) is 0.455. The molecule has 2 amide bonds. The summed E-state index contributed by atoms with van der Waals surface area (Å²) >= 11 is 1.40. The minimum Gasteiger partial charge on any atom is -0.356 e. The van der Waals surface area contributed by atoms with Gasteiger partial charge in [-0.05, 0) is 32.3 Å². The van der Waals surface area contributed by atoms with E-state index in [1.54, 1.807) is 0 Å². The summed E-state index contributed by atoms with van der Waals surface area (Å²) in [4.78, 5) is 35.0. The lowest BCUT2D eigenvalue weighted by Crippen LogP contribution is -2.40. The average Bonchev–Trinajstić information content (AvgIpc) is 2.78. The number of nitrogens with one attached hydrogen (secondary N) is 2. The Balaban J connectivity index is 1.45. The van der Waals surface area contributed by atoms with Gasteiger partial charge in [-0.25, -0.2) is 9.97 Å². The van der Waals surface area contributed by atoms with E-state index in [9.17, 15) is 9.59 Å². The summed E-state index contributed by atoms with van der Waals surface area (Å²) in [5.74, 6) is 1.36. The van der Waals surface area contributed by atoms with Crippen LogP contribution in [0.15, 0.2) is 41.7 Å². The predicted octanol–water partition coefficient (Wildman–Crippen LogP) is 2.55. The quantitative estimate of drug-likeness (QED) is 0.497. The molecule has 2 N–H and O–H groups in total. The predicted molar refractivity (Wildman–Crippen MR) is 119 cm³/mol. The maximum absolute atomic E-state index is 12.2. The lowest BCUT2D eigenvalue weighted by molar-refractivity contribution is -0.125. The van der Waals surface area contributed by atoms with Gasteiger partial charge in [0.1, 0.15) is 17.2 Å². The zero-order valence-corrected chi connectivity index (χ0v) is 18.4. The standard InChI is InChI=1S/C22H29N5O2S/c1-3-23-22(29)18-8-10-27(11-9-18)19-12-21(26-15-25-19)30-14-20(28)24-13-17-6-4-16(2)5-7-17/h4-7,12,15,18H,3,8-11,13-14H2,1-2H3,(H,23,29)(H,24,28). The smallest absolute Gasteiger partial charge is 0.230 e. The average molecular weight is 428 g/mol. The molecule has 30 heavy (non-hydrogen) atoms. The normalized spacial score (nSPS) is 14.4. The van der Waals surface area contributed by atoms with Crippen LogP contribution in [0.1, 0.15) is 30.9 Å². The van der Waals surface area contributed by atoms with Gasteiger partial charge in [-0.2, -0.15) is 0 Å². The highest BCUT2D eigenvalue weighted by atomic mass is 32.2. The van der Waals surface area contributed by atoms with Crippen LogP contribution in [-0.4, -0.2) is 47.2 Å². The van der Waals surface area contributed by atoms with Gasteiger partial charge >= 0.3 is 0 Å². The van der Waals surface area contributed by atoms with E-state index < -0.39 is 0 Å². The Kier molecular flexibility index (Phi) is 8.07. The topological polar surface area (TPSA) is 87.2 Å². The molecule has 160 valence electrons. The van der Waals surface area contributed by atoms with Gasteiger partial charge in [0, 0.05) is 38.2 Å². The number of carbonyl (C=O) groups excluding carboxylic acids is 2. The number of thioether (sulfide) groups is 1. The molecule has 1 aliphatic rings. The molecule has 2 aromatic rings. The molecule has 1 fully saturated rings. The first-order chi connectivity index (χ1) is 14.5. The van der Waals surface area contributed by atoms with Gasteiger partial charge < -0.3 is 15.5 Å². The summed E-state index contributed by atoms with van der Waals surface area (Å²) in [5.41, 5.74) is 2.29. The van der Waals surface area contributed by atoms with Gasteiger partial charge in [0.25, 0.3) is 0 Å². The fourth-order valence-corrected chi connectivity index (χ4v) is 4.06. The van der Waals surface area contributed by atoms with Gasteiger partial charge in [-0.1, -0.05) is 41.6 Å². The highest BCUT2D eigenvalue weighted by molar-refractivity contribution is 7.99. The fourth-order valence-electron chi connectivity index (χ4n) is 3.37. The van der Waals surface area contributed by atoms with Crippen LogP contribution in [-0.2, 0) is 16.1 Å². The molecule has 0 radical (unpaired) electrons. The molecule has 0 spiro atoms. The third-order valence-electron chi connectivity index (χ3n) is 5.13. The van der Waals surface area contributed by atoms with Crippen molar-refractivity contribution in [1.29, 1.82) is 0 Å². The van der Waals surface area contributed by atoms with E-state index in [4.69, 9.17) is 0 Å². The van der Waals surface area contributed by atoms with Crippen LogP contribution in [0, 0.1) is 12.8 Å². The van der Waals surface area contributed by atoms with E-state index in [2.05, 4.69) is 25.5 Å². The molecule has 3 rings (SSSR count). The van der Waals surface area contributed by atoms with Crippen molar-refractivity contribution in [3.63, 3.8) is 0 Å². The van der Waals surface area contributed by atoms with Gasteiger partial charge in [0.05, 0.1) is 5.75 Å². The number of benzene rings is 1. The third kappa shape index (κ3) is 6.45.